The normalized spacial score (nSPS) is 11.1. The van der Waals surface area contributed by atoms with Gasteiger partial charge in [-0.3, -0.25) is 4.55 Å². The minimum atomic E-state index is -4.56. The van der Waals surface area contributed by atoms with E-state index in [1.165, 1.54) is 7.11 Å². The summed E-state index contributed by atoms with van der Waals surface area (Å²) in [4.78, 5) is 10.1. The molecule has 0 atom stereocenters. The van der Waals surface area contributed by atoms with Crippen LogP contribution in [0.1, 0.15) is 10.4 Å². The van der Waals surface area contributed by atoms with Crippen molar-refractivity contribution in [2.75, 3.05) is 12.8 Å². The molecule has 0 aromatic heterocycles. The van der Waals surface area contributed by atoms with Crippen molar-refractivity contribution in [2.45, 2.75) is 4.90 Å². The zero-order chi connectivity index (χ0) is 12.5. The topological polar surface area (TPSA) is 127 Å². The molecule has 0 radical (unpaired) electrons. The van der Waals surface area contributed by atoms with Crippen LogP contribution in [0, 0.1) is 0 Å². The molecule has 1 aromatic carbocycles. The number of nitrogens with two attached hydrogens (primary N) is 1. The Morgan fingerprint density at radius 1 is 1.44 bits per heavy atom. The molecule has 0 spiro atoms. The van der Waals surface area contributed by atoms with Crippen molar-refractivity contribution in [3.8, 4) is 5.75 Å². The van der Waals surface area contributed by atoms with Crippen LogP contribution in [0.5, 0.6) is 5.75 Å². The zero-order valence-electron chi connectivity index (χ0n) is 8.17. The van der Waals surface area contributed by atoms with E-state index in [1.807, 2.05) is 0 Å². The Kier molecular flexibility index (Phi) is 3.06. The quantitative estimate of drug-likeness (QED) is 0.515. The number of hydrogen-bond acceptors (Lipinski definition) is 5. The first-order chi connectivity index (χ1) is 7.27. The lowest BCUT2D eigenvalue weighted by atomic mass is 10.2. The van der Waals surface area contributed by atoms with Crippen molar-refractivity contribution in [3.63, 3.8) is 0 Å². The number of methoxy groups -OCH3 is 1. The molecule has 0 amide bonds. The van der Waals surface area contributed by atoms with Crippen LogP contribution >= 0.6 is 0 Å². The van der Waals surface area contributed by atoms with Gasteiger partial charge in [-0.2, -0.15) is 8.42 Å². The van der Waals surface area contributed by atoms with E-state index in [9.17, 15) is 13.2 Å². The van der Waals surface area contributed by atoms with Gasteiger partial charge in [0, 0.05) is 6.07 Å². The predicted octanol–water partition coefficient (Wildman–Crippen LogP) is 0.222. The molecule has 8 heteroatoms. The molecule has 0 saturated heterocycles. The highest BCUT2D eigenvalue weighted by Gasteiger charge is 2.20. The summed E-state index contributed by atoms with van der Waals surface area (Å²) in [7, 11) is -3.34. The average molecular weight is 247 g/mol. The van der Waals surface area contributed by atoms with Gasteiger partial charge in [0.15, 0.2) is 0 Å². The minimum absolute atomic E-state index is 0.0857. The lowest BCUT2D eigenvalue weighted by Gasteiger charge is -2.08. The van der Waals surface area contributed by atoms with Crippen LogP contribution in [-0.4, -0.2) is 31.2 Å². The molecule has 4 N–H and O–H groups in total. The zero-order valence-corrected chi connectivity index (χ0v) is 8.98. The maximum Gasteiger partial charge on any atom is 0.339 e. The molecule has 88 valence electrons. The Morgan fingerprint density at radius 2 is 2.00 bits per heavy atom. The molecule has 0 fully saturated rings. The molecule has 0 saturated carbocycles. The van der Waals surface area contributed by atoms with E-state index in [4.69, 9.17) is 20.1 Å². The Bertz CT molecular complexity index is 536. The fourth-order valence-corrected chi connectivity index (χ4v) is 1.76. The van der Waals surface area contributed by atoms with Crippen molar-refractivity contribution in [1.29, 1.82) is 0 Å². The molecule has 0 bridgehead atoms. The summed E-state index contributed by atoms with van der Waals surface area (Å²) >= 11 is 0. The summed E-state index contributed by atoms with van der Waals surface area (Å²) in [6, 6.07) is 1.76. The third kappa shape index (κ3) is 2.23. The highest BCUT2D eigenvalue weighted by Crippen LogP contribution is 2.28. The van der Waals surface area contributed by atoms with Crippen molar-refractivity contribution in [1.82, 2.24) is 0 Å². The van der Waals surface area contributed by atoms with Crippen LogP contribution < -0.4 is 10.5 Å². The standard InChI is InChI=1S/C8H9NO6S/c1-15-6-3-5(9)7(16(12,13)14)2-4(6)8(10)11/h2-3H,9H2,1H3,(H,10,11)(H,12,13,14). The van der Waals surface area contributed by atoms with Gasteiger partial charge < -0.3 is 15.6 Å². The molecule has 1 rings (SSSR count). The Balaban J connectivity index is 3.58. The van der Waals surface area contributed by atoms with Crippen molar-refractivity contribution in [2.24, 2.45) is 0 Å². The third-order valence-electron chi connectivity index (χ3n) is 1.84. The van der Waals surface area contributed by atoms with Crippen LogP contribution in [0.15, 0.2) is 17.0 Å². The second kappa shape index (κ2) is 3.99. The summed E-state index contributed by atoms with van der Waals surface area (Å²) < 4.78 is 35.3. The van der Waals surface area contributed by atoms with E-state index in [0.29, 0.717) is 0 Å². The van der Waals surface area contributed by atoms with Crippen molar-refractivity contribution < 1.29 is 27.6 Å². The summed E-state index contributed by atoms with van der Waals surface area (Å²) in [5, 5.41) is 8.78. The first-order valence-corrected chi connectivity index (χ1v) is 5.39. The molecule has 16 heavy (non-hydrogen) atoms. The van der Waals surface area contributed by atoms with Gasteiger partial charge in [-0.05, 0) is 6.07 Å². The SMILES string of the molecule is COc1cc(N)c(S(=O)(=O)O)cc1C(=O)O. The molecular weight excluding hydrogens is 238 g/mol. The average Bonchev–Trinajstić information content (AvgIpc) is 2.14. The molecule has 0 aliphatic heterocycles. The van der Waals surface area contributed by atoms with Crippen LogP contribution in [0.25, 0.3) is 0 Å². The number of carboxylic acid groups (broad SMARTS) is 1. The number of nitrogen functional groups attached to an aromatic ring is 1. The van der Waals surface area contributed by atoms with Gasteiger partial charge >= 0.3 is 5.97 Å². The van der Waals surface area contributed by atoms with Gasteiger partial charge in [-0.1, -0.05) is 0 Å². The molecular formula is C8H9NO6S. The second-order valence-corrected chi connectivity index (χ2v) is 4.26. The number of anilines is 1. The predicted molar refractivity (Wildman–Crippen MR) is 54.2 cm³/mol. The smallest absolute Gasteiger partial charge is 0.339 e. The first kappa shape index (κ1) is 12.3. The van der Waals surface area contributed by atoms with Crippen LogP contribution in [0.3, 0.4) is 0 Å². The maximum absolute atomic E-state index is 10.9. The number of aromatic carboxylic acids is 1. The summed E-state index contributed by atoms with van der Waals surface area (Å²) in [6.07, 6.45) is 0. The third-order valence-corrected chi connectivity index (χ3v) is 2.75. The minimum Gasteiger partial charge on any atom is -0.496 e. The summed E-state index contributed by atoms with van der Waals surface area (Å²) in [6.45, 7) is 0. The van der Waals surface area contributed by atoms with Gasteiger partial charge in [-0.25, -0.2) is 4.79 Å². The lowest BCUT2D eigenvalue weighted by Crippen LogP contribution is -2.08. The highest BCUT2D eigenvalue weighted by atomic mass is 32.2. The van der Waals surface area contributed by atoms with Gasteiger partial charge in [0.2, 0.25) is 0 Å². The largest absolute Gasteiger partial charge is 0.496 e. The number of rotatable bonds is 3. The Labute approximate surface area is 91.2 Å². The number of carbonyl (C=O) groups is 1. The fraction of sp³-hybridized carbons (Fsp3) is 0.125. The van der Waals surface area contributed by atoms with E-state index in [2.05, 4.69) is 0 Å². The van der Waals surface area contributed by atoms with Gasteiger partial charge in [-0.15, -0.1) is 0 Å². The number of benzene rings is 1. The van der Waals surface area contributed by atoms with Gasteiger partial charge in [0.1, 0.15) is 16.2 Å². The van der Waals surface area contributed by atoms with E-state index in [1.54, 1.807) is 0 Å². The van der Waals surface area contributed by atoms with Crippen LogP contribution in [-0.2, 0) is 10.1 Å². The lowest BCUT2D eigenvalue weighted by molar-refractivity contribution is 0.0693. The molecule has 1 aromatic rings. The summed E-state index contributed by atoms with van der Waals surface area (Å²) in [5.41, 5.74) is 4.65. The second-order valence-electron chi connectivity index (χ2n) is 2.87. The molecule has 0 heterocycles. The first-order valence-electron chi connectivity index (χ1n) is 3.95. The fourth-order valence-electron chi connectivity index (χ4n) is 1.14. The number of carboxylic acids is 1. The molecule has 7 nitrogen and oxygen atoms in total. The van der Waals surface area contributed by atoms with E-state index in [-0.39, 0.29) is 11.4 Å². The molecule has 0 unspecified atom stereocenters. The van der Waals surface area contributed by atoms with Crippen molar-refractivity contribution in [3.05, 3.63) is 17.7 Å². The van der Waals surface area contributed by atoms with E-state index >= 15 is 0 Å². The van der Waals surface area contributed by atoms with Crippen LogP contribution in [0.4, 0.5) is 5.69 Å². The van der Waals surface area contributed by atoms with Crippen LogP contribution in [0.2, 0.25) is 0 Å². The highest BCUT2D eigenvalue weighted by molar-refractivity contribution is 7.86. The summed E-state index contributed by atoms with van der Waals surface area (Å²) in [5.74, 6) is -1.47. The number of ether oxygens (including phenoxy) is 1. The van der Waals surface area contributed by atoms with E-state index in [0.717, 1.165) is 12.1 Å². The van der Waals surface area contributed by atoms with Gasteiger partial charge in [0.05, 0.1) is 12.8 Å². The van der Waals surface area contributed by atoms with Crippen molar-refractivity contribution >= 4 is 21.8 Å². The Morgan fingerprint density at radius 3 is 2.38 bits per heavy atom. The number of hydrogen-bond donors (Lipinski definition) is 3. The monoisotopic (exact) mass is 247 g/mol. The Hall–Kier alpha value is -1.80. The maximum atomic E-state index is 10.9. The molecule has 0 aliphatic carbocycles. The van der Waals surface area contributed by atoms with Gasteiger partial charge in [0.25, 0.3) is 10.1 Å². The van der Waals surface area contributed by atoms with E-state index < -0.39 is 26.5 Å². The molecule has 0 aliphatic rings.